The van der Waals surface area contributed by atoms with E-state index in [0.29, 0.717) is 5.52 Å². The van der Waals surface area contributed by atoms with Gasteiger partial charge in [-0.2, -0.15) is 0 Å². The van der Waals surface area contributed by atoms with Gasteiger partial charge < -0.3 is 4.74 Å². The molecule has 2 nitrogen and oxygen atoms in total. The summed E-state index contributed by atoms with van der Waals surface area (Å²) in [6.07, 6.45) is 1.89. The smallest absolute Gasteiger partial charge is 0.149 e. The molecule has 0 unspecified atom stereocenters. The number of aryl methyl sites for hydroxylation is 2. The largest absolute Gasteiger partial charge is 0.497 e. The third-order valence-electron chi connectivity index (χ3n) is 4.11. The predicted molar refractivity (Wildman–Crippen MR) is 81.1 cm³/mol. The first-order valence-corrected chi connectivity index (χ1v) is 7.02. The standard InChI is InChI=1S/C18H14FNO/c1-21-14-7-8-15-11(10-14)5-6-13-9-12-3-2-4-16(19)18(12)20-17(13)15/h2-4,7-10H,5-6H2,1H3. The molecule has 4 rings (SSSR count). The Hall–Kier alpha value is -2.42. The number of ether oxygens (including phenoxy) is 1. The van der Waals surface area contributed by atoms with Crippen molar-refractivity contribution in [2.24, 2.45) is 0 Å². The summed E-state index contributed by atoms with van der Waals surface area (Å²) in [6.45, 7) is 0. The van der Waals surface area contributed by atoms with Gasteiger partial charge in [0.1, 0.15) is 17.1 Å². The summed E-state index contributed by atoms with van der Waals surface area (Å²) in [5.41, 5.74) is 4.83. The SMILES string of the molecule is COc1ccc2c(c1)CCc1cc3cccc(F)c3nc1-2. The number of methoxy groups -OCH3 is 1. The van der Waals surface area contributed by atoms with E-state index in [1.54, 1.807) is 13.2 Å². The summed E-state index contributed by atoms with van der Waals surface area (Å²) in [5, 5.41) is 0.866. The lowest BCUT2D eigenvalue weighted by Crippen LogP contribution is -2.06. The van der Waals surface area contributed by atoms with Crippen LogP contribution in [0, 0.1) is 5.82 Å². The molecule has 1 aromatic heterocycles. The van der Waals surface area contributed by atoms with Crippen molar-refractivity contribution in [2.75, 3.05) is 7.11 Å². The van der Waals surface area contributed by atoms with Crippen LogP contribution in [0.5, 0.6) is 5.75 Å². The van der Waals surface area contributed by atoms with Gasteiger partial charge in [0.15, 0.2) is 0 Å². The van der Waals surface area contributed by atoms with Crippen LogP contribution in [0.25, 0.3) is 22.2 Å². The Morgan fingerprint density at radius 2 is 1.90 bits per heavy atom. The Balaban J connectivity index is 1.99. The quantitative estimate of drug-likeness (QED) is 0.667. The van der Waals surface area contributed by atoms with E-state index in [4.69, 9.17) is 4.74 Å². The highest BCUT2D eigenvalue weighted by molar-refractivity contribution is 5.85. The molecule has 3 heteroatoms. The Morgan fingerprint density at radius 1 is 1.05 bits per heavy atom. The molecule has 1 aliphatic carbocycles. The first-order valence-electron chi connectivity index (χ1n) is 7.02. The molecule has 104 valence electrons. The second-order valence-electron chi connectivity index (χ2n) is 5.33. The van der Waals surface area contributed by atoms with E-state index in [9.17, 15) is 4.39 Å². The monoisotopic (exact) mass is 279 g/mol. The molecule has 3 aromatic rings. The van der Waals surface area contributed by atoms with Gasteiger partial charge in [0.25, 0.3) is 0 Å². The number of pyridine rings is 1. The number of benzene rings is 2. The number of nitrogens with zero attached hydrogens (tertiary/aromatic N) is 1. The fourth-order valence-electron chi connectivity index (χ4n) is 3.03. The molecule has 0 atom stereocenters. The molecule has 1 heterocycles. The van der Waals surface area contributed by atoms with Gasteiger partial charge in [0, 0.05) is 10.9 Å². The highest BCUT2D eigenvalue weighted by atomic mass is 19.1. The number of aromatic nitrogens is 1. The van der Waals surface area contributed by atoms with Gasteiger partial charge >= 0.3 is 0 Å². The van der Waals surface area contributed by atoms with E-state index in [1.165, 1.54) is 17.2 Å². The van der Waals surface area contributed by atoms with E-state index in [0.717, 1.165) is 35.2 Å². The molecule has 0 amide bonds. The summed E-state index contributed by atoms with van der Waals surface area (Å²) < 4.78 is 19.2. The molecule has 0 aliphatic heterocycles. The lowest BCUT2D eigenvalue weighted by atomic mass is 9.88. The third-order valence-corrected chi connectivity index (χ3v) is 4.11. The Morgan fingerprint density at radius 3 is 2.76 bits per heavy atom. The minimum Gasteiger partial charge on any atom is -0.497 e. The highest BCUT2D eigenvalue weighted by Crippen LogP contribution is 2.36. The Labute approximate surface area is 122 Å². The molecule has 0 saturated heterocycles. The van der Waals surface area contributed by atoms with Gasteiger partial charge in [-0.15, -0.1) is 0 Å². The van der Waals surface area contributed by atoms with Crippen LogP contribution in [0.4, 0.5) is 4.39 Å². The molecule has 0 bridgehead atoms. The van der Waals surface area contributed by atoms with Crippen molar-refractivity contribution in [3.8, 4) is 17.0 Å². The van der Waals surface area contributed by atoms with Crippen molar-refractivity contribution >= 4 is 10.9 Å². The van der Waals surface area contributed by atoms with Crippen LogP contribution in [0.2, 0.25) is 0 Å². The minimum absolute atomic E-state index is 0.268. The van der Waals surface area contributed by atoms with Gasteiger partial charge in [-0.05, 0) is 54.3 Å². The molecular weight excluding hydrogens is 265 g/mol. The highest BCUT2D eigenvalue weighted by Gasteiger charge is 2.19. The summed E-state index contributed by atoms with van der Waals surface area (Å²) in [7, 11) is 1.67. The molecule has 21 heavy (non-hydrogen) atoms. The van der Waals surface area contributed by atoms with Gasteiger partial charge in [-0.3, -0.25) is 0 Å². The molecule has 0 fully saturated rings. The van der Waals surface area contributed by atoms with Crippen LogP contribution in [0.3, 0.4) is 0 Å². The maximum Gasteiger partial charge on any atom is 0.149 e. The topological polar surface area (TPSA) is 22.1 Å². The molecule has 0 saturated carbocycles. The predicted octanol–water partition coefficient (Wildman–Crippen LogP) is 4.15. The lowest BCUT2D eigenvalue weighted by Gasteiger charge is -2.20. The van der Waals surface area contributed by atoms with Crippen molar-refractivity contribution in [1.82, 2.24) is 4.98 Å². The van der Waals surface area contributed by atoms with Crippen LogP contribution in [-0.4, -0.2) is 12.1 Å². The summed E-state index contributed by atoms with van der Waals surface area (Å²) in [5.74, 6) is 0.583. The number of rotatable bonds is 1. The van der Waals surface area contributed by atoms with E-state index >= 15 is 0 Å². The summed E-state index contributed by atoms with van der Waals surface area (Å²) >= 11 is 0. The minimum atomic E-state index is -0.268. The van der Waals surface area contributed by atoms with Crippen molar-refractivity contribution < 1.29 is 9.13 Å². The van der Waals surface area contributed by atoms with Crippen LogP contribution >= 0.6 is 0 Å². The number of hydrogen-bond acceptors (Lipinski definition) is 2. The first-order chi connectivity index (χ1) is 10.3. The average Bonchev–Trinajstić information content (AvgIpc) is 2.53. The maximum atomic E-state index is 14.0. The average molecular weight is 279 g/mol. The molecule has 2 aromatic carbocycles. The van der Waals surface area contributed by atoms with Crippen LogP contribution in [0.15, 0.2) is 42.5 Å². The number of fused-ring (bicyclic) bond motifs is 4. The number of para-hydroxylation sites is 1. The second-order valence-corrected chi connectivity index (χ2v) is 5.33. The Bertz CT molecular complexity index is 857. The van der Waals surface area contributed by atoms with Crippen molar-refractivity contribution in [1.29, 1.82) is 0 Å². The van der Waals surface area contributed by atoms with Crippen molar-refractivity contribution in [2.45, 2.75) is 12.8 Å². The summed E-state index contributed by atoms with van der Waals surface area (Å²) in [6, 6.07) is 13.2. The van der Waals surface area contributed by atoms with E-state index < -0.39 is 0 Å². The molecule has 0 radical (unpaired) electrons. The van der Waals surface area contributed by atoms with Gasteiger partial charge in [-0.1, -0.05) is 12.1 Å². The zero-order chi connectivity index (χ0) is 14.4. The number of hydrogen-bond donors (Lipinski definition) is 0. The van der Waals surface area contributed by atoms with E-state index in [1.807, 2.05) is 24.3 Å². The van der Waals surface area contributed by atoms with Gasteiger partial charge in [0.05, 0.1) is 12.8 Å². The van der Waals surface area contributed by atoms with Gasteiger partial charge in [0.2, 0.25) is 0 Å². The zero-order valence-corrected chi connectivity index (χ0v) is 11.7. The maximum absolute atomic E-state index is 14.0. The normalized spacial score (nSPS) is 12.9. The van der Waals surface area contributed by atoms with Crippen molar-refractivity contribution in [3.05, 3.63) is 59.4 Å². The van der Waals surface area contributed by atoms with E-state index in [2.05, 4.69) is 11.1 Å². The Kier molecular flexibility index (Phi) is 2.67. The first kappa shape index (κ1) is 12.3. The molecular formula is C18H14FNO. The van der Waals surface area contributed by atoms with Crippen LogP contribution in [0.1, 0.15) is 11.1 Å². The fraction of sp³-hybridized carbons (Fsp3) is 0.167. The van der Waals surface area contributed by atoms with Crippen molar-refractivity contribution in [3.63, 3.8) is 0 Å². The molecule has 0 spiro atoms. The third kappa shape index (κ3) is 1.88. The number of halogens is 1. The van der Waals surface area contributed by atoms with E-state index in [-0.39, 0.29) is 5.82 Å². The van der Waals surface area contributed by atoms with Gasteiger partial charge in [-0.25, -0.2) is 9.37 Å². The molecule has 0 N–H and O–H groups in total. The zero-order valence-electron chi connectivity index (χ0n) is 11.7. The summed E-state index contributed by atoms with van der Waals surface area (Å²) in [4.78, 5) is 4.60. The lowest BCUT2D eigenvalue weighted by molar-refractivity contribution is 0.414. The molecule has 1 aliphatic rings. The fourth-order valence-corrected chi connectivity index (χ4v) is 3.03. The second kappa shape index (κ2) is 4.55. The van der Waals surface area contributed by atoms with Crippen LogP contribution < -0.4 is 4.74 Å². The van der Waals surface area contributed by atoms with Crippen LogP contribution in [-0.2, 0) is 12.8 Å².